The summed E-state index contributed by atoms with van der Waals surface area (Å²) in [4.78, 5) is 37.2. The van der Waals surface area contributed by atoms with Gasteiger partial charge in [0.05, 0.1) is 5.52 Å². The number of aryl methyl sites for hydroxylation is 1. The molecule has 1 aliphatic heterocycles. The highest BCUT2D eigenvalue weighted by atomic mass is 16.6. The van der Waals surface area contributed by atoms with Crippen LogP contribution in [0.3, 0.4) is 0 Å². The van der Waals surface area contributed by atoms with Gasteiger partial charge in [-0.25, -0.2) is 14.6 Å². The summed E-state index contributed by atoms with van der Waals surface area (Å²) in [5, 5.41) is 6.51. The molecule has 5 rings (SSSR count). The third-order valence-corrected chi connectivity index (χ3v) is 5.49. The van der Waals surface area contributed by atoms with Gasteiger partial charge >= 0.3 is 11.8 Å². The molecular weight excluding hydrogens is 448 g/mol. The molecular formula is C25H26N6O4. The van der Waals surface area contributed by atoms with E-state index in [9.17, 15) is 9.59 Å². The van der Waals surface area contributed by atoms with Gasteiger partial charge in [-0.05, 0) is 69.2 Å². The lowest BCUT2D eigenvalue weighted by Crippen LogP contribution is -2.33. The Morgan fingerprint density at radius 3 is 2.63 bits per heavy atom. The van der Waals surface area contributed by atoms with Crippen LogP contribution in [0.4, 0.5) is 27.9 Å². The van der Waals surface area contributed by atoms with Gasteiger partial charge in [0.1, 0.15) is 11.4 Å². The molecule has 0 atom stereocenters. The van der Waals surface area contributed by atoms with Crippen LogP contribution in [-0.4, -0.2) is 31.5 Å². The van der Waals surface area contributed by atoms with Gasteiger partial charge in [0.25, 0.3) is 0 Å². The molecule has 3 heterocycles. The maximum Gasteiger partial charge on any atom is 0.417 e. The summed E-state index contributed by atoms with van der Waals surface area (Å²) in [6.07, 6.45) is 1.41. The number of rotatable bonds is 4. The lowest BCUT2D eigenvalue weighted by molar-refractivity contribution is 0.0242. The number of fused-ring (bicyclic) bond motifs is 2. The Kier molecular flexibility index (Phi) is 5.43. The molecule has 1 aliphatic rings. The van der Waals surface area contributed by atoms with E-state index in [0.29, 0.717) is 36.0 Å². The van der Waals surface area contributed by atoms with Crippen molar-refractivity contribution < 1.29 is 13.9 Å². The quantitative estimate of drug-likeness (QED) is 0.379. The van der Waals surface area contributed by atoms with Crippen molar-refractivity contribution in [3.8, 4) is 0 Å². The minimum absolute atomic E-state index is 0.321. The predicted octanol–water partition coefficient (Wildman–Crippen LogP) is 4.96. The van der Waals surface area contributed by atoms with Gasteiger partial charge in [-0.15, -0.1) is 0 Å². The fraction of sp³-hybridized carbons (Fsp3) is 0.280. The highest BCUT2D eigenvalue weighted by Gasteiger charge is 2.27. The van der Waals surface area contributed by atoms with Crippen molar-refractivity contribution in [3.63, 3.8) is 0 Å². The second-order valence-corrected chi connectivity index (χ2v) is 9.52. The molecule has 0 saturated heterocycles. The third-order valence-electron chi connectivity index (χ3n) is 5.49. The molecule has 0 spiro atoms. The summed E-state index contributed by atoms with van der Waals surface area (Å²) in [6.45, 7) is 8.49. The maximum atomic E-state index is 12.4. The topological polar surface area (TPSA) is 125 Å². The van der Waals surface area contributed by atoms with Crippen molar-refractivity contribution in [2.75, 3.05) is 10.6 Å². The van der Waals surface area contributed by atoms with Crippen molar-refractivity contribution in [1.29, 1.82) is 0 Å². The molecule has 0 radical (unpaired) electrons. The lowest BCUT2D eigenvalue weighted by Gasteiger charge is -2.24. The number of anilines is 4. The summed E-state index contributed by atoms with van der Waals surface area (Å²) in [6, 6.07) is 11.2. The van der Waals surface area contributed by atoms with Gasteiger partial charge < -0.3 is 19.8 Å². The minimum atomic E-state index is -0.533. The molecule has 180 valence electrons. The number of nitrogens with zero attached hydrogens (tertiary/aromatic N) is 3. The van der Waals surface area contributed by atoms with E-state index in [-0.39, 0.29) is 6.09 Å². The smallest absolute Gasteiger partial charge is 0.417 e. The number of aromatic amines is 1. The van der Waals surface area contributed by atoms with Crippen LogP contribution in [0.25, 0.3) is 11.1 Å². The van der Waals surface area contributed by atoms with E-state index in [1.165, 1.54) is 0 Å². The molecule has 1 amide bonds. The molecule has 35 heavy (non-hydrogen) atoms. The zero-order chi connectivity index (χ0) is 24.7. The van der Waals surface area contributed by atoms with E-state index in [0.717, 1.165) is 28.1 Å². The summed E-state index contributed by atoms with van der Waals surface area (Å²) in [5.41, 5.74) is 5.12. The van der Waals surface area contributed by atoms with Crippen LogP contribution in [0.15, 0.2) is 51.8 Å². The Bertz CT molecular complexity index is 1480. The predicted molar refractivity (Wildman–Crippen MR) is 132 cm³/mol. The molecule has 0 bridgehead atoms. The minimum Gasteiger partial charge on any atom is -0.444 e. The number of amides is 1. The van der Waals surface area contributed by atoms with E-state index in [4.69, 9.17) is 9.15 Å². The monoisotopic (exact) mass is 474 g/mol. The van der Waals surface area contributed by atoms with Crippen molar-refractivity contribution in [1.82, 2.24) is 19.9 Å². The molecule has 3 N–H and O–H groups in total. The van der Waals surface area contributed by atoms with E-state index in [2.05, 4.69) is 25.6 Å². The van der Waals surface area contributed by atoms with Crippen LogP contribution in [0, 0.1) is 6.92 Å². The zero-order valence-electron chi connectivity index (χ0n) is 19.9. The molecule has 2 aromatic heterocycles. The van der Waals surface area contributed by atoms with Crippen molar-refractivity contribution >= 4 is 40.3 Å². The van der Waals surface area contributed by atoms with Gasteiger partial charge in [0.2, 0.25) is 5.95 Å². The first-order valence-corrected chi connectivity index (χ1v) is 11.2. The number of nitrogens with one attached hydrogen (secondary N) is 3. The van der Waals surface area contributed by atoms with Crippen LogP contribution >= 0.6 is 0 Å². The fourth-order valence-electron chi connectivity index (χ4n) is 3.85. The molecule has 0 saturated carbocycles. The first-order valence-electron chi connectivity index (χ1n) is 11.2. The molecule has 0 fully saturated rings. The van der Waals surface area contributed by atoms with Crippen LogP contribution in [0.1, 0.15) is 37.5 Å². The molecule has 10 heteroatoms. The Morgan fingerprint density at radius 2 is 1.83 bits per heavy atom. The number of carbonyl (C=O) groups is 1. The largest absolute Gasteiger partial charge is 0.444 e. The average molecular weight is 475 g/mol. The Hall–Kier alpha value is -4.34. The Morgan fingerprint density at radius 1 is 1.09 bits per heavy atom. The van der Waals surface area contributed by atoms with E-state index < -0.39 is 11.4 Å². The average Bonchev–Trinajstić information content (AvgIpc) is 3.37. The van der Waals surface area contributed by atoms with Crippen LogP contribution in [0.2, 0.25) is 0 Å². The third kappa shape index (κ3) is 4.96. The van der Waals surface area contributed by atoms with Gasteiger partial charge in [-0.2, -0.15) is 4.98 Å². The van der Waals surface area contributed by atoms with Crippen molar-refractivity contribution in [2.24, 2.45) is 0 Å². The first-order chi connectivity index (χ1) is 16.6. The fourth-order valence-corrected chi connectivity index (χ4v) is 3.85. The Labute approximate surface area is 201 Å². The zero-order valence-corrected chi connectivity index (χ0v) is 19.9. The Balaban J connectivity index is 1.31. The first kappa shape index (κ1) is 22.5. The normalized spacial score (nSPS) is 13.1. The van der Waals surface area contributed by atoms with Crippen molar-refractivity contribution in [3.05, 3.63) is 69.8 Å². The summed E-state index contributed by atoms with van der Waals surface area (Å²) < 4.78 is 10.6. The number of aromatic nitrogens is 3. The standard InChI is InChI=1S/C25H26N6O4/c1-14-11-26-22(30-21(14)27-18-7-8-20-19(10-18)29-23(32)34-20)28-17-6-5-15-12-31(13-16(15)9-17)24(33)35-25(2,3)4/h5-11H,12-13H2,1-4H3,(H,29,32)(H2,26,27,28,30). The summed E-state index contributed by atoms with van der Waals surface area (Å²) >= 11 is 0. The van der Waals surface area contributed by atoms with Crippen LogP contribution in [0.5, 0.6) is 0 Å². The second kappa shape index (κ2) is 8.46. The highest BCUT2D eigenvalue weighted by Crippen LogP contribution is 2.29. The second-order valence-electron chi connectivity index (χ2n) is 9.52. The maximum absolute atomic E-state index is 12.4. The highest BCUT2D eigenvalue weighted by molar-refractivity contribution is 5.78. The lowest BCUT2D eigenvalue weighted by atomic mass is 10.1. The van der Waals surface area contributed by atoms with Gasteiger partial charge in [-0.1, -0.05) is 6.07 Å². The summed E-state index contributed by atoms with van der Waals surface area (Å²) in [5.74, 6) is 0.563. The van der Waals surface area contributed by atoms with E-state index >= 15 is 0 Å². The number of ether oxygens (including phenoxy) is 1. The number of H-pyrrole nitrogens is 1. The number of hydrogen-bond acceptors (Lipinski definition) is 8. The van der Waals surface area contributed by atoms with E-state index in [1.54, 1.807) is 23.2 Å². The number of carbonyl (C=O) groups excluding carboxylic acids is 1. The molecule has 2 aromatic carbocycles. The van der Waals surface area contributed by atoms with Gasteiger partial charge in [0.15, 0.2) is 5.58 Å². The van der Waals surface area contributed by atoms with Gasteiger partial charge in [0, 0.05) is 36.2 Å². The van der Waals surface area contributed by atoms with Crippen LogP contribution in [-0.2, 0) is 17.8 Å². The van der Waals surface area contributed by atoms with Crippen LogP contribution < -0.4 is 16.4 Å². The summed E-state index contributed by atoms with van der Waals surface area (Å²) in [7, 11) is 0. The molecule has 4 aromatic rings. The SMILES string of the molecule is Cc1cnc(Nc2ccc3c(c2)CN(C(=O)OC(C)(C)C)C3)nc1Nc1ccc2oc(=O)[nH]c2c1. The molecule has 0 unspecified atom stereocenters. The van der Waals surface area contributed by atoms with Gasteiger partial charge in [-0.3, -0.25) is 9.88 Å². The number of hydrogen-bond donors (Lipinski definition) is 3. The number of oxazole rings is 1. The van der Waals surface area contributed by atoms with E-state index in [1.807, 2.05) is 52.0 Å². The molecule has 10 nitrogen and oxygen atoms in total. The van der Waals surface area contributed by atoms with Crippen molar-refractivity contribution in [2.45, 2.75) is 46.4 Å². The molecule has 0 aliphatic carbocycles. The number of benzene rings is 2.